The Morgan fingerprint density at radius 2 is 1.35 bits per heavy atom. The van der Waals surface area contributed by atoms with Crippen molar-refractivity contribution in [3.63, 3.8) is 0 Å². The summed E-state index contributed by atoms with van der Waals surface area (Å²) in [7, 11) is 4.38. The van der Waals surface area contributed by atoms with Gasteiger partial charge in [0.1, 0.15) is 0 Å². The van der Waals surface area contributed by atoms with Crippen LogP contribution in [-0.4, -0.2) is 71.5 Å². The molecule has 3 heteroatoms. The fraction of sp³-hybridized carbons (Fsp3) is 1.00. The van der Waals surface area contributed by atoms with E-state index in [4.69, 9.17) is 0 Å². The zero-order valence-corrected chi connectivity index (χ0v) is 16.1. The van der Waals surface area contributed by atoms with Crippen LogP contribution in [-0.2, 0) is 0 Å². The summed E-state index contributed by atoms with van der Waals surface area (Å²) in [6.45, 7) is 12.1. The van der Waals surface area contributed by atoms with E-state index in [9.17, 15) is 0 Å². The van der Waals surface area contributed by atoms with Gasteiger partial charge >= 0.3 is 118 Å². The van der Waals surface area contributed by atoms with Crippen molar-refractivity contribution in [2.75, 3.05) is 40.3 Å². The summed E-state index contributed by atoms with van der Waals surface area (Å²) in [5.41, 5.74) is 0. The fourth-order valence-electron chi connectivity index (χ4n) is 2.39. The van der Waals surface area contributed by atoms with E-state index in [-0.39, 0.29) is 0 Å². The number of nitrogens with zero attached hydrogens (tertiary/aromatic N) is 2. The van der Waals surface area contributed by atoms with Crippen molar-refractivity contribution in [2.45, 2.75) is 46.1 Å². The average molecular weight is 344 g/mol. The molecule has 2 nitrogen and oxygen atoms in total. The molecule has 0 aliphatic carbocycles. The van der Waals surface area contributed by atoms with E-state index in [0.29, 0.717) is 0 Å². The first-order chi connectivity index (χ1) is 8.13. The van der Waals surface area contributed by atoms with Crippen molar-refractivity contribution in [3.8, 4) is 0 Å². The van der Waals surface area contributed by atoms with Gasteiger partial charge in [0, 0.05) is 0 Å². The van der Waals surface area contributed by atoms with Crippen LogP contribution in [0.5, 0.6) is 0 Å². The molecule has 0 N–H and O–H groups in total. The number of rotatable bonds is 11. The third kappa shape index (κ3) is 10.4. The molecule has 0 fully saturated rings. The Bertz CT molecular complexity index is 158. The minimum absolute atomic E-state index is 1.10. The topological polar surface area (TPSA) is 6.48 Å². The second-order valence-electron chi connectivity index (χ2n) is 5.39. The van der Waals surface area contributed by atoms with Crippen molar-refractivity contribution in [3.05, 3.63) is 0 Å². The summed E-state index contributed by atoms with van der Waals surface area (Å²) in [4.78, 5) is 4.90. The first-order valence-electron chi connectivity index (χ1n) is 7.51. The third-order valence-electron chi connectivity index (χ3n) is 3.78. The molecule has 0 radical (unpaired) electrons. The van der Waals surface area contributed by atoms with Crippen LogP contribution in [0, 0.1) is 0 Å². The molecule has 0 aliphatic rings. The van der Waals surface area contributed by atoms with Gasteiger partial charge in [-0.15, -0.1) is 0 Å². The van der Waals surface area contributed by atoms with Crippen LogP contribution < -0.4 is 0 Å². The molecule has 0 aliphatic heterocycles. The summed E-state index contributed by atoms with van der Waals surface area (Å²) in [5, 5.41) is 0. The van der Waals surface area contributed by atoms with E-state index < -0.39 is 21.4 Å². The van der Waals surface area contributed by atoms with Crippen LogP contribution in [0.25, 0.3) is 0 Å². The molecule has 0 spiro atoms. The van der Waals surface area contributed by atoms with Crippen LogP contribution in [0.4, 0.5) is 0 Å². The Hall–Kier alpha value is 0.790. The van der Waals surface area contributed by atoms with Crippen molar-refractivity contribution >= 4 is 21.4 Å². The molecule has 0 rings (SSSR count). The van der Waals surface area contributed by atoms with Gasteiger partial charge in [0.05, 0.1) is 0 Å². The second kappa shape index (κ2) is 11.9. The molecule has 0 atom stereocenters. The Morgan fingerprint density at radius 3 is 1.76 bits per heavy atom. The van der Waals surface area contributed by atoms with Gasteiger partial charge < -0.3 is 0 Å². The molecule has 0 saturated heterocycles. The van der Waals surface area contributed by atoms with Crippen LogP contribution >= 0.6 is 0 Å². The molecule has 0 unspecified atom stereocenters. The number of hydrogen-bond donors (Lipinski definition) is 0. The van der Waals surface area contributed by atoms with Gasteiger partial charge in [-0.05, 0) is 0 Å². The predicted octanol–water partition coefficient (Wildman–Crippen LogP) is 3.18. The van der Waals surface area contributed by atoms with Gasteiger partial charge in [0.15, 0.2) is 0 Å². The SMILES string of the molecule is CCN(CC)CC[CH2][In]([CH2]C)[CH2]CCN(C)C. The molecule has 0 aromatic carbocycles. The minimum atomic E-state index is -1.10. The van der Waals surface area contributed by atoms with Crippen molar-refractivity contribution in [2.24, 2.45) is 0 Å². The zero-order chi connectivity index (χ0) is 13.1. The third-order valence-corrected chi connectivity index (χ3v) is 14.1. The van der Waals surface area contributed by atoms with Crippen LogP contribution in [0.15, 0.2) is 0 Å². The van der Waals surface area contributed by atoms with Gasteiger partial charge in [0.2, 0.25) is 0 Å². The Kier molecular flexibility index (Phi) is 12.4. The van der Waals surface area contributed by atoms with E-state index in [2.05, 4.69) is 44.7 Å². The van der Waals surface area contributed by atoms with Gasteiger partial charge in [-0.1, -0.05) is 0 Å². The van der Waals surface area contributed by atoms with Crippen LogP contribution in [0.1, 0.15) is 33.6 Å². The molecule has 102 valence electrons. The summed E-state index contributed by atoms with van der Waals surface area (Å²) >= 11 is -1.10. The van der Waals surface area contributed by atoms with Gasteiger partial charge in [-0.25, -0.2) is 0 Å². The Morgan fingerprint density at radius 1 is 0.824 bits per heavy atom. The van der Waals surface area contributed by atoms with Crippen molar-refractivity contribution in [1.29, 1.82) is 0 Å². The second-order valence-corrected chi connectivity index (χ2v) is 16.0. The van der Waals surface area contributed by atoms with Gasteiger partial charge in [-0.2, -0.15) is 0 Å². The predicted molar refractivity (Wildman–Crippen MR) is 81.4 cm³/mol. The van der Waals surface area contributed by atoms with Crippen molar-refractivity contribution < 1.29 is 0 Å². The van der Waals surface area contributed by atoms with Gasteiger partial charge in [0.25, 0.3) is 0 Å². The molecular formula is C14H33InN2. The maximum absolute atomic E-state index is 2.57. The van der Waals surface area contributed by atoms with Crippen LogP contribution in [0.2, 0.25) is 12.5 Å². The maximum atomic E-state index is 2.57. The standard InChI is InChI=1S/C7H16N.C5H12N.C2H5.In/c1-4-7-8(5-2)6-3;1-4-5-6(2)3;1-2;/h1,4-7H2,2-3H3;1,4-5H2,2-3H3;1H2,2H3;. The Labute approximate surface area is 117 Å². The van der Waals surface area contributed by atoms with E-state index in [1.54, 1.807) is 12.5 Å². The van der Waals surface area contributed by atoms with E-state index >= 15 is 0 Å². The molecule has 0 aromatic heterocycles. The van der Waals surface area contributed by atoms with E-state index in [0.717, 1.165) is 0 Å². The first kappa shape index (κ1) is 17.8. The molecule has 0 bridgehead atoms. The monoisotopic (exact) mass is 344 g/mol. The summed E-state index contributed by atoms with van der Waals surface area (Å²) < 4.78 is 4.81. The fourth-order valence-corrected chi connectivity index (χ4v) is 9.88. The molecule has 0 aromatic rings. The molecule has 0 amide bonds. The quantitative estimate of drug-likeness (QED) is 0.568. The van der Waals surface area contributed by atoms with Gasteiger partial charge in [-0.3, -0.25) is 0 Å². The average Bonchev–Trinajstić information content (AvgIpc) is 2.32. The summed E-state index contributed by atoms with van der Waals surface area (Å²) in [6.07, 6.45) is 2.92. The zero-order valence-electron chi connectivity index (χ0n) is 12.8. The molecule has 0 heterocycles. The first-order valence-corrected chi connectivity index (χ1v) is 14.5. The summed E-state index contributed by atoms with van der Waals surface area (Å²) in [5.74, 6) is 0. The van der Waals surface area contributed by atoms with Crippen LogP contribution in [0.3, 0.4) is 0 Å². The summed E-state index contributed by atoms with van der Waals surface area (Å²) in [6, 6.07) is 0. The molecule has 17 heavy (non-hydrogen) atoms. The van der Waals surface area contributed by atoms with E-state index in [1.807, 2.05) is 0 Å². The molecule has 0 saturated carbocycles. The number of hydrogen-bond acceptors (Lipinski definition) is 2. The Balaban J connectivity index is 3.60. The van der Waals surface area contributed by atoms with E-state index in [1.165, 1.54) is 39.0 Å². The van der Waals surface area contributed by atoms with Crippen molar-refractivity contribution in [1.82, 2.24) is 9.80 Å². The molecular weight excluding hydrogens is 311 g/mol. The normalized spacial score (nSPS) is 11.5.